The topological polar surface area (TPSA) is 217 Å². The Kier molecular flexibility index (Phi) is 22.3. The number of hydrogen-bond acceptors (Lipinski definition) is 14. The molecule has 0 aliphatic carbocycles. The Hall–Kier alpha value is -6.93. The summed E-state index contributed by atoms with van der Waals surface area (Å²) in [6.45, 7) is 42.2. The van der Waals surface area contributed by atoms with Crippen LogP contribution in [0.4, 0.5) is 9.59 Å². The van der Waals surface area contributed by atoms with Crippen molar-refractivity contribution in [3.63, 3.8) is 0 Å². The third kappa shape index (κ3) is 17.5. The minimum absolute atomic E-state index is 0.222. The second-order valence-corrected chi connectivity index (χ2v) is 45.7. The van der Waals surface area contributed by atoms with Gasteiger partial charge in [-0.05, 0) is 181 Å². The highest BCUT2D eigenvalue weighted by Crippen LogP contribution is 2.44. The highest BCUT2D eigenvalue weighted by atomic mass is 32.2. The lowest BCUT2D eigenvalue weighted by Gasteiger charge is -2.26. The lowest BCUT2D eigenvalue weighted by molar-refractivity contribution is 0.0533. The number of imidazole rings is 2. The first-order chi connectivity index (χ1) is 42.7. The monoisotopic (exact) mass is 1330 g/mol. The smallest absolute Gasteiger partial charge is 0.419 e. The maximum atomic E-state index is 14.0. The normalized spacial score (nSPS) is 14.0. The number of aryl methyl sites for hydroxylation is 2. The molecule has 4 aromatic carbocycles. The zero-order valence-corrected chi connectivity index (χ0v) is 61.8. The molecule has 0 N–H and O–H groups in total. The van der Waals surface area contributed by atoms with Gasteiger partial charge in [-0.3, -0.25) is 17.6 Å². The standard InChI is InChI=1S/2C35H48N4O5SSi/c1-23-18-29(42-8)30(25-14-15-38(31(23)25)33(40)44-34(2,3)4)26(21-45(41)35(5,6)7)32-37-27-19-24(20-36)12-13-28(27)39(32)22-43-16-17-46(9,10)11;1-23-18-29(42-8)30(25-14-15-38(31(23)25)33(40)44-34(2,3)4)26(21-45(41)35(5,6)7)32-37-27-13-12-24(20-36)19-28(27)39(32)22-43-16-17-46(9,10)11/h2*12-15,18-19,26H,16-17,21-22H2,1-11H3. The van der Waals surface area contributed by atoms with Crippen molar-refractivity contribution in [3.8, 4) is 23.6 Å². The molecule has 4 heterocycles. The fourth-order valence-corrected chi connectivity index (χ4v) is 14.5. The average molecular weight is 1330 g/mol. The van der Waals surface area contributed by atoms with Crippen LogP contribution in [0.5, 0.6) is 11.5 Å². The number of carbonyl (C=O) groups is 2. The number of carbonyl (C=O) groups excluding carboxylic acids is 2. The predicted molar refractivity (Wildman–Crippen MR) is 376 cm³/mol. The maximum absolute atomic E-state index is 14.0. The molecule has 0 spiro atoms. The molecule has 8 rings (SSSR count). The Morgan fingerprint density at radius 1 is 0.554 bits per heavy atom. The number of nitrogens with zero attached hydrogens (tertiary/aromatic N) is 8. The van der Waals surface area contributed by atoms with Gasteiger partial charge in [0.25, 0.3) is 0 Å². The van der Waals surface area contributed by atoms with E-state index in [0.29, 0.717) is 69.6 Å². The summed E-state index contributed by atoms with van der Waals surface area (Å²) in [6.07, 6.45) is 2.47. The summed E-state index contributed by atoms with van der Waals surface area (Å²) in [5.74, 6) is 2.01. The Morgan fingerprint density at radius 2 is 0.946 bits per heavy atom. The van der Waals surface area contributed by atoms with Gasteiger partial charge in [-0.15, -0.1) is 0 Å². The van der Waals surface area contributed by atoms with Crippen molar-refractivity contribution in [2.24, 2.45) is 0 Å². The Labute approximate surface area is 550 Å². The molecule has 18 nitrogen and oxygen atoms in total. The van der Waals surface area contributed by atoms with Crippen molar-refractivity contribution >= 4 is 93.8 Å². The molecule has 22 heteroatoms. The van der Waals surface area contributed by atoms with Crippen molar-refractivity contribution in [3.05, 3.63) is 118 Å². The van der Waals surface area contributed by atoms with Gasteiger partial charge in [0.15, 0.2) is 0 Å². The second-order valence-electron chi connectivity index (χ2n) is 30.0. The molecule has 0 saturated heterocycles. The first-order valence-electron chi connectivity index (χ1n) is 31.3. The summed E-state index contributed by atoms with van der Waals surface area (Å²) >= 11 is 0. The summed E-state index contributed by atoms with van der Waals surface area (Å²) in [6, 6.07) is 24.9. The molecule has 0 bridgehead atoms. The van der Waals surface area contributed by atoms with E-state index in [4.69, 9.17) is 38.4 Å². The molecule has 0 aliphatic heterocycles. The Bertz CT molecular complexity index is 4010. The molecule has 92 heavy (non-hydrogen) atoms. The number of rotatable bonds is 20. The van der Waals surface area contributed by atoms with E-state index in [0.717, 1.165) is 56.1 Å². The van der Waals surface area contributed by atoms with Crippen LogP contribution in [0, 0.1) is 36.5 Å². The molecule has 0 aliphatic rings. The molecule has 4 unspecified atom stereocenters. The second kappa shape index (κ2) is 28.3. The van der Waals surface area contributed by atoms with Crippen molar-refractivity contribution in [2.75, 3.05) is 38.9 Å². The van der Waals surface area contributed by atoms with Crippen LogP contribution in [0.15, 0.2) is 73.1 Å². The first kappa shape index (κ1) is 72.5. The van der Waals surface area contributed by atoms with Crippen LogP contribution in [0.25, 0.3) is 43.9 Å². The van der Waals surface area contributed by atoms with Gasteiger partial charge in [0, 0.05) is 106 Å². The maximum Gasteiger partial charge on any atom is 0.419 e. The van der Waals surface area contributed by atoms with Crippen LogP contribution < -0.4 is 9.47 Å². The largest absolute Gasteiger partial charge is 0.496 e. The van der Waals surface area contributed by atoms with Gasteiger partial charge in [-0.25, -0.2) is 19.6 Å². The highest BCUT2D eigenvalue weighted by Gasteiger charge is 2.37. The molecule has 0 saturated carbocycles. The van der Waals surface area contributed by atoms with Crippen LogP contribution in [0.3, 0.4) is 0 Å². The first-order valence-corrected chi connectivity index (χ1v) is 41.3. The Balaban J connectivity index is 0.000000261. The van der Waals surface area contributed by atoms with Crippen LogP contribution >= 0.6 is 0 Å². The molecule has 4 aromatic heterocycles. The summed E-state index contributed by atoms with van der Waals surface area (Å²) in [7, 11) is -2.01. The van der Waals surface area contributed by atoms with E-state index in [1.165, 1.54) is 9.13 Å². The van der Waals surface area contributed by atoms with Crippen molar-refractivity contribution < 1.29 is 46.4 Å². The number of ether oxygens (including phenoxy) is 6. The van der Waals surface area contributed by atoms with E-state index in [-0.39, 0.29) is 25.0 Å². The molecule has 0 fully saturated rings. The van der Waals surface area contributed by atoms with E-state index in [1.54, 1.807) is 44.8 Å². The number of benzene rings is 4. The van der Waals surface area contributed by atoms with Gasteiger partial charge < -0.3 is 37.6 Å². The van der Waals surface area contributed by atoms with E-state index in [1.807, 2.05) is 149 Å². The van der Waals surface area contributed by atoms with E-state index in [2.05, 4.69) is 51.4 Å². The van der Waals surface area contributed by atoms with E-state index >= 15 is 0 Å². The SMILES string of the molecule is COc1cc(C)c2c(ccn2C(=O)OC(C)(C)C)c1C(CS(=O)C(C)(C)C)c1nc2cc(C#N)ccc2n1COCC[Si](C)(C)C.COc1cc(C)c2c(ccn2C(=O)OC(C)(C)C)c1C(CS(=O)C(C)(C)C)c1nc2ccc(C#N)cc2n1COCC[Si](C)(C)C. The van der Waals surface area contributed by atoms with Crippen LogP contribution in [-0.4, -0.2) is 125 Å². The molecule has 4 atom stereocenters. The van der Waals surface area contributed by atoms with Gasteiger partial charge >= 0.3 is 12.2 Å². The van der Waals surface area contributed by atoms with Gasteiger partial charge in [-0.1, -0.05) is 39.3 Å². The van der Waals surface area contributed by atoms with Crippen LogP contribution in [0.1, 0.15) is 140 Å². The number of aromatic nitrogens is 6. The van der Waals surface area contributed by atoms with Gasteiger partial charge in [0.1, 0.15) is 47.8 Å². The average Bonchev–Trinajstić information content (AvgIpc) is 1.53. The Morgan fingerprint density at radius 3 is 1.33 bits per heavy atom. The lowest BCUT2D eigenvalue weighted by Crippen LogP contribution is -2.29. The third-order valence-electron chi connectivity index (χ3n) is 15.5. The van der Waals surface area contributed by atoms with Crippen molar-refractivity contribution in [2.45, 2.75) is 194 Å². The summed E-state index contributed by atoms with van der Waals surface area (Å²) in [5, 5.41) is 20.9. The lowest BCUT2D eigenvalue weighted by atomic mass is 9.93. The minimum atomic E-state index is -1.34. The summed E-state index contributed by atoms with van der Waals surface area (Å²) in [5.41, 5.74) is 7.24. The van der Waals surface area contributed by atoms with Crippen molar-refractivity contribution in [1.82, 2.24) is 28.2 Å². The fraction of sp³-hybridized carbons (Fsp3) is 0.514. The number of methoxy groups -OCH3 is 2. The predicted octanol–water partition coefficient (Wildman–Crippen LogP) is 15.9. The molecule has 8 aromatic rings. The summed E-state index contributed by atoms with van der Waals surface area (Å²) in [4.78, 5) is 36.9. The van der Waals surface area contributed by atoms with Gasteiger partial charge in [0.05, 0.1) is 82.4 Å². The fourth-order valence-electron chi connectivity index (χ4n) is 10.7. The number of fused-ring (bicyclic) bond motifs is 4. The van der Waals surface area contributed by atoms with E-state index < -0.39 is 82.5 Å². The third-order valence-corrected chi connectivity index (χ3v) is 22.9. The zero-order chi connectivity index (χ0) is 68.4. The van der Waals surface area contributed by atoms with Crippen LogP contribution in [0.2, 0.25) is 51.4 Å². The summed E-state index contributed by atoms with van der Waals surface area (Å²) < 4.78 is 70.1. The van der Waals surface area contributed by atoms with Gasteiger partial charge in [0.2, 0.25) is 0 Å². The quantitative estimate of drug-likeness (QED) is 0.0512. The number of nitriles is 2. The highest BCUT2D eigenvalue weighted by molar-refractivity contribution is 7.86. The molecular weight excluding hydrogens is 1230 g/mol. The zero-order valence-electron chi connectivity index (χ0n) is 58.2. The minimum Gasteiger partial charge on any atom is -0.496 e. The van der Waals surface area contributed by atoms with Crippen molar-refractivity contribution in [1.29, 1.82) is 10.5 Å². The van der Waals surface area contributed by atoms with E-state index in [9.17, 15) is 28.5 Å². The molecule has 496 valence electrons. The number of hydrogen-bond donors (Lipinski definition) is 0. The van der Waals surface area contributed by atoms with Gasteiger partial charge in [-0.2, -0.15) is 10.5 Å². The molecule has 0 amide bonds. The molecule has 0 radical (unpaired) electrons. The molecular formula is C70H96N8O10S2Si2. The van der Waals surface area contributed by atoms with Crippen LogP contribution in [-0.2, 0) is 54.0 Å².